The number of halogens is 1. The third-order valence-corrected chi connectivity index (χ3v) is 2.66. The summed E-state index contributed by atoms with van der Waals surface area (Å²) in [6, 6.07) is 7.91. The summed E-state index contributed by atoms with van der Waals surface area (Å²) in [5.74, 6) is 0. The van der Waals surface area contributed by atoms with Gasteiger partial charge in [-0.15, -0.1) is 0 Å². The van der Waals surface area contributed by atoms with Gasteiger partial charge in [-0.25, -0.2) is 0 Å². The van der Waals surface area contributed by atoms with Gasteiger partial charge in [0.1, 0.15) is 6.66 Å². The normalized spacial score (nSPS) is 11.3. The first-order valence-electron chi connectivity index (χ1n) is 3.31. The van der Waals surface area contributed by atoms with Crippen LogP contribution >= 0.6 is 23.7 Å². The second-order valence-electron chi connectivity index (χ2n) is 2.41. The zero-order valence-corrected chi connectivity index (χ0v) is 8.73. The molecule has 1 unspecified atom stereocenters. The van der Waals surface area contributed by atoms with E-state index in [-0.39, 0.29) is 0 Å². The molecule has 0 aromatic heterocycles. The number of benzene rings is 1. The molecule has 0 amide bonds. The van der Waals surface area contributed by atoms with Crippen LogP contribution in [0.3, 0.4) is 0 Å². The van der Waals surface area contributed by atoms with Crippen LogP contribution in [0.5, 0.6) is 0 Å². The lowest BCUT2D eigenvalue weighted by atomic mass is 10.2. The van der Waals surface area contributed by atoms with Gasteiger partial charge in [-0.2, -0.15) is 0 Å². The fraction of sp³-hybridized carbons (Fsp3) is 0.250. The topological polar surface area (TPSA) is 17.1 Å². The highest BCUT2D eigenvalue weighted by atomic mass is 79.9. The molecule has 0 spiro atoms. The summed E-state index contributed by atoms with van der Waals surface area (Å²) >= 11 is 3.34. The largest absolute Gasteiger partial charge is 0.340 e. The van der Waals surface area contributed by atoms with Crippen molar-refractivity contribution >= 4 is 23.7 Å². The van der Waals surface area contributed by atoms with Crippen molar-refractivity contribution in [2.45, 2.75) is 6.16 Å². The quantitative estimate of drug-likeness (QED) is 0.714. The predicted octanol–water partition coefficient (Wildman–Crippen LogP) is 3.41. The molecule has 0 aliphatic heterocycles. The minimum absolute atomic E-state index is 0.683. The molecule has 11 heavy (non-hydrogen) atoms. The Morgan fingerprint density at radius 3 is 2.36 bits per heavy atom. The third-order valence-electron chi connectivity index (χ3n) is 1.32. The molecule has 58 valence electrons. The minimum Gasteiger partial charge on any atom is -0.0748 e. The predicted molar refractivity (Wildman–Crippen MR) is 51.4 cm³/mol. The maximum absolute atomic E-state index is 10.8. The van der Waals surface area contributed by atoms with Crippen molar-refractivity contribution in [2.75, 3.05) is 6.66 Å². The number of hydrogen-bond acceptors (Lipinski definition) is 1. The summed E-state index contributed by atoms with van der Waals surface area (Å²) in [6.07, 6.45) is 0.683. The third kappa shape index (κ3) is 3.13. The lowest BCUT2D eigenvalue weighted by Crippen LogP contribution is -1.77. The van der Waals surface area contributed by atoms with Gasteiger partial charge in [-0.3, -0.25) is 0 Å². The second kappa shape index (κ2) is 3.99. The molecule has 0 heterocycles. The lowest BCUT2D eigenvalue weighted by Gasteiger charge is -1.91. The highest BCUT2D eigenvalue weighted by Crippen LogP contribution is 2.22. The van der Waals surface area contributed by atoms with Crippen molar-refractivity contribution in [3.8, 4) is 0 Å². The van der Waals surface area contributed by atoms with Gasteiger partial charge in [-0.05, 0) is 17.7 Å². The van der Waals surface area contributed by atoms with E-state index in [2.05, 4.69) is 15.9 Å². The molecule has 1 aromatic rings. The summed E-state index contributed by atoms with van der Waals surface area (Å²) in [5.41, 5.74) is 1.14. The first-order valence-corrected chi connectivity index (χ1v) is 5.99. The van der Waals surface area contributed by atoms with Gasteiger partial charge in [0, 0.05) is 4.47 Å². The maximum Gasteiger partial charge on any atom is 0.340 e. The van der Waals surface area contributed by atoms with Crippen LogP contribution in [-0.2, 0) is 10.7 Å². The Balaban J connectivity index is 2.74. The van der Waals surface area contributed by atoms with Gasteiger partial charge < -0.3 is 0 Å². The lowest BCUT2D eigenvalue weighted by molar-refractivity contribution is 0.590. The fourth-order valence-electron chi connectivity index (χ4n) is 0.847. The number of rotatable bonds is 2. The van der Waals surface area contributed by atoms with E-state index in [4.69, 9.17) is 0 Å². The van der Waals surface area contributed by atoms with Crippen LogP contribution in [0.2, 0.25) is 0 Å². The standard InChI is InChI=1S/C8H9BrOP/c1-11(10)6-7-2-4-8(9)5-3-7/h2-5H,6H2,1H3/q+1. The molecule has 0 aliphatic rings. The van der Waals surface area contributed by atoms with E-state index >= 15 is 0 Å². The van der Waals surface area contributed by atoms with E-state index in [0.29, 0.717) is 6.16 Å². The summed E-state index contributed by atoms with van der Waals surface area (Å²) in [4.78, 5) is 0. The van der Waals surface area contributed by atoms with Crippen LogP contribution < -0.4 is 0 Å². The molecule has 0 aliphatic carbocycles. The molecule has 0 N–H and O–H groups in total. The van der Waals surface area contributed by atoms with Gasteiger partial charge in [-0.1, -0.05) is 32.6 Å². The van der Waals surface area contributed by atoms with E-state index in [1.165, 1.54) is 0 Å². The number of hydrogen-bond donors (Lipinski definition) is 0. The Bertz CT molecular complexity index is 255. The SMILES string of the molecule is C[P+](=O)Cc1ccc(Br)cc1. The van der Waals surface area contributed by atoms with Gasteiger partial charge >= 0.3 is 7.80 Å². The molecule has 1 atom stereocenters. The molecular weight excluding hydrogens is 223 g/mol. The van der Waals surface area contributed by atoms with E-state index in [1.54, 1.807) is 6.66 Å². The van der Waals surface area contributed by atoms with E-state index in [9.17, 15) is 4.57 Å². The van der Waals surface area contributed by atoms with Crippen molar-refractivity contribution in [3.05, 3.63) is 34.3 Å². The Hall–Kier alpha value is -0.200. The molecule has 0 radical (unpaired) electrons. The fourth-order valence-corrected chi connectivity index (χ4v) is 1.84. The van der Waals surface area contributed by atoms with E-state index in [1.807, 2.05) is 24.3 Å². The van der Waals surface area contributed by atoms with Crippen molar-refractivity contribution < 1.29 is 4.57 Å². The van der Waals surface area contributed by atoms with Crippen molar-refractivity contribution in [3.63, 3.8) is 0 Å². The first kappa shape index (κ1) is 8.89. The monoisotopic (exact) mass is 231 g/mol. The molecule has 3 heteroatoms. The molecule has 0 saturated carbocycles. The van der Waals surface area contributed by atoms with Crippen LogP contribution in [0.15, 0.2) is 28.7 Å². The molecule has 0 bridgehead atoms. The zero-order chi connectivity index (χ0) is 8.27. The van der Waals surface area contributed by atoms with Crippen LogP contribution in [0.1, 0.15) is 5.56 Å². The van der Waals surface area contributed by atoms with Crippen molar-refractivity contribution in [2.24, 2.45) is 0 Å². The Kier molecular flexibility index (Phi) is 3.22. The summed E-state index contributed by atoms with van der Waals surface area (Å²) < 4.78 is 11.9. The van der Waals surface area contributed by atoms with Gasteiger partial charge in [0.25, 0.3) is 0 Å². The molecule has 1 rings (SSSR count). The highest BCUT2D eigenvalue weighted by molar-refractivity contribution is 9.10. The van der Waals surface area contributed by atoms with Crippen molar-refractivity contribution in [1.29, 1.82) is 0 Å². The highest BCUT2D eigenvalue weighted by Gasteiger charge is 2.06. The Morgan fingerprint density at radius 2 is 1.91 bits per heavy atom. The average molecular weight is 232 g/mol. The van der Waals surface area contributed by atoms with E-state index in [0.717, 1.165) is 10.0 Å². The maximum atomic E-state index is 10.8. The van der Waals surface area contributed by atoms with E-state index < -0.39 is 7.80 Å². The molecular formula is C8H9BrOP+. The van der Waals surface area contributed by atoms with Crippen LogP contribution in [0, 0.1) is 0 Å². The average Bonchev–Trinajstić information content (AvgIpc) is 1.93. The second-order valence-corrected chi connectivity index (χ2v) is 4.90. The first-order chi connectivity index (χ1) is 5.18. The minimum atomic E-state index is -1.05. The molecule has 1 nitrogen and oxygen atoms in total. The summed E-state index contributed by atoms with van der Waals surface area (Å²) in [6.45, 7) is 1.75. The Morgan fingerprint density at radius 1 is 1.36 bits per heavy atom. The van der Waals surface area contributed by atoms with Crippen LogP contribution in [-0.4, -0.2) is 6.66 Å². The molecule has 0 fully saturated rings. The summed E-state index contributed by atoms with van der Waals surface area (Å²) in [5, 5.41) is 0. The molecule has 0 saturated heterocycles. The summed E-state index contributed by atoms with van der Waals surface area (Å²) in [7, 11) is -1.05. The smallest absolute Gasteiger partial charge is 0.0748 e. The van der Waals surface area contributed by atoms with Crippen LogP contribution in [0.25, 0.3) is 0 Å². The van der Waals surface area contributed by atoms with Gasteiger partial charge in [0.2, 0.25) is 0 Å². The zero-order valence-electron chi connectivity index (χ0n) is 6.25. The van der Waals surface area contributed by atoms with Gasteiger partial charge in [0.05, 0.1) is 0 Å². The van der Waals surface area contributed by atoms with Gasteiger partial charge in [0.15, 0.2) is 6.16 Å². The van der Waals surface area contributed by atoms with Crippen molar-refractivity contribution in [1.82, 2.24) is 0 Å². The molecule has 1 aromatic carbocycles. The van der Waals surface area contributed by atoms with Crippen LogP contribution in [0.4, 0.5) is 0 Å². The Labute approximate surface area is 75.7 Å².